The molecule has 0 atom stereocenters. The van der Waals surface area contributed by atoms with Gasteiger partial charge in [0.15, 0.2) is 0 Å². The fourth-order valence-corrected chi connectivity index (χ4v) is 1.48. The van der Waals surface area contributed by atoms with E-state index in [0.29, 0.717) is 12.0 Å². The van der Waals surface area contributed by atoms with Gasteiger partial charge in [-0.05, 0) is 24.5 Å². The number of aryl methyl sites for hydroxylation is 1. The lowest BCUT2D eigenvalue weighted by Gasteiger charge is -2.08. The zero-order valence-electron chi connectivity index (χ0n) is 8.53. The van der Waals surface area contributed by atoms with E-state index in [2.05, 4.69) is 0 Å². The van der Waals surface area contributed by atoms with E-state index in [0.717, 1.165) is 18.9 Å². The summed E-state index contributed by atoms with van der Waals surface area (Å²) in [5.41, 5.74) is 0.364. The molecule has 4 heteroatoms. The Balaban J connectivity index is 3.14. The lowest BCUT2D eigenvalue weighted by atomic mass is 10.0. The number of carboxylic acid groups (broad SMARTS) is 1. The summed E-state index contributed by atoms with van der Waals surface area (Å²) in [6.07, 6.45) is 2.29. The largest absolute Gasteiger partial charge is 0.508 e. The van der Waals surface area contributed by atoms with Gasteiger partial charge in [-0.2, -0.15) is 0 Å². The summed E-state index contributed by atoms with van der Waals surface area (Å²) in [4.78, 5) is 10.9. The first kappa shape index (κ1) is 11.4. The number of rotatable bonds is 4. The van der Waals surface area contributed by atoms with E-state index in [1.165, 1.54) is 6.07 Å². The van der Waals surface area contributed by atoms with Crippen LogP contribution >= 0.6 is 0 Å². The van der Waals surface area contributed by atoms with Crippen LogP contribution in [0.15, 0.2) is 12.1 Å². The highest BCUT2D eigenvalue weighted by Crippen LogP contribution is 2.28. The van der Waals surface area contributed by atoms with Gasteiger partial charge in [0.05, 0.1) is 0 Å². The number of aromatic hydroxyl groups is 2. The third-order valence-electron chi connectivity index (χ3n) is 2.20. The van der Waals surface area contributed by atoms with Crippen molar-refractivity contribution >= 4 is 5.97 Å². The molecule has 0 unspecified atom stereocenters. The fourth-order valence-electron chi connectivity index (χ4n) is 1.48. The van der Waals surface area contributed by atoms with Crippen molar-refractivity contribution in [3.63, 3.8) is 0 Å². The second kappa shape index (κ2) is 4.68. The molecule has 1 aromatic rings. The summed E-state index contributed by atoms with van der Waals surface area (Å²) in [6, 6.07) is 2.43. The third kappa shape index (κ3) is 2.62. The molecule has 15 heavy (non-hydrogen) atoms. The number of phenols is 2. The van der Waals surface area contributed by atoms with Crippen LogP contribution in [0.3, 0.4) is 0 Å². The molecule has 0 heterocycles. The van der Waals surface area contributed by atoms with E-state index in [4.69, 9.17) is 5.11 Å². The molecule has 3 N–H and O–H groups in total. The Bertz CT molecular complexity index is 371. The minimum Gasteiger partial charge on any atom is -0.508 e. The van der Waals surface area contributed by atoms with Gasteiger partial charge in [0, 0.05) is 6.07 Å². The zero-order valence-corrected chi connectivity index (χ0v) is 8.53. The minimum absolute atomic E-state index is 0.108. The number of unbranched alkanes of at least 4 members (excludes halogenated alkanes) is 1. The minimum atomic E-state index is -1.17. The summed E-state index contributed by atoms with van der Waals surface area (Å²) in [7, 11) is 0. The van der Waals surface area contributed by atoms with Gasteiger partial charge < -0.3 is 15.3 Å². The molecule has 1 aromatic carbocycles. The van der Waals surface area contributed by atoms with Gasteiger partial charge in [-0.25, -0.2) is 4.79 Å². The molecule has 0 aromatic heterocycles. The third-order valence-corrected chi connectivity index (χ3v) is 2.20. The normalized spacial score (nSPS) is 10.2. The van der Waals surface area contributed by atoms with Crippen LogP contribution in [0, 0.1) is 0 Å². The first-order valence-electron chi connectivity index (χ1n) is 4.84. The second-order valence-corrected chi connectivity index (χ2v) is 3.41. The molecule has 0 radical (unpaired) electrons. The van der Waals surface area contributed by atoms with Crippen LogP contribution in [-0.4, -0.2) is 21.3 Å². The quantitative estimate of drug-likeness (QED) is 0.711. The Morgan fingerprint density at radius 3 is 2.53 bits per heavy atom. The van der Waals surface area contributed by atoms with Gasteiger partial charge in [-0.3, -0.25) is 0 Å². The molecule has 0 aliphatic rings. The van der Waals surface area contributed by atoms with Gasteiger partial charge in [0.1, 0.15) is 17.1 Å². The molecule has 0 fully saturated rings. The molecule has 0 saturated heterocycles. The van der Waals surface area contributed by atoms with Gasteiger partial charge >= 0.3 is 5.97 Å². The van der Waals surface area contributed by atoms with Crippen LogP contribution in [0.2, 0.25) is 0 Å². The molecule has 0 bridgehead atoms. The number of hydrogen-bond donors (Lipinski definition) is 3. The molecule has 0 amide bonds. The highest BCUT2D eigenvalue weighted by Gasteiger charge is 2.16. The Kier molecular flexibility index (Phi) is 3.55. The number of carbonyl (C=O) groups is 1. The molecule has 82 valence electrons. The summed E-state index contributed by atoms with van der Waals surface area (Å²) in [5, 5.41) is 27.5. The first-order chi connectivity index (χ1) is 7.06. The van der Waals surface area contributed by atoms with Gasteiger partial charge in [0.25, 0.3) is 0 Å². The van der Waals surface area contributed by atoms with Crippen molar-refractivity contribution in [3.8, 4) is 11.5 Å². The molecule has 0 aliphatic heterocycles. The fraction of sp³-hybridized carbons (Fsp3) is 0.364. The van der Waals surface area contributed by atoms with Crippen LogP contribution in [0.25, 0.3) is 0 Å². The Morgan fingerprint density at radius 2 is 2.00 bits per heavy atom. The monoisotopic (exact) mass is 210 g/mol. The van der Waals surface area contributed by atoms with Crippen molar-refractivity contribution in [3.05, 3.63) is 23.3 Å². The molecule has 4 nitrogen and oxygen atoms in total. The average molecular weight is 210 g/mol. The summed E-state index contributed by atoms with van der Waals surface area (Å²) in [6.45, 7) is 1.99. The second-order valence-electron chi connectivity index (χ2n) is 3.41. The highest BCUT2D eigenvalue weighted by molar-refractivity contribution is 5.92. The zero-order chi connectivity index (χ0) is 11.4. The van der Waals surface area contributed by atoms with Crippen molar-refractivity contribution in [2.45, 2.75) is 26.2 Å². The van der Waals surface area contributed by atoms with E-state index in [9.17, 15) is 15.0 Å². The van der Waals surface area contributed by atoms with Crippen LogP contribution in [0.4, 0.5) is 0 Å². The van der Waals surface area contributed by atoms with E-state index >= 15 is 0 Å². The molecule has 0 spiro atoms. The number of carboxylic acids is 1. The lowest BCUT2D eigenvalue weighted by Crippen LogP contribution is -2.03. The van der Waals surface area contributed by atoms with E-state index in [1.807, 2.05) is 6.92 Å². The molecular weight excluding hydrogens is 196 g/mol. The summed E-state index contributed by atoms with van der Waals surface area (Å²) >= 11 is 0. The maximum atomic E-state index is 10.9. The highest BCUT2D eigenvalue weighted by atomic mass is 16.4. The smallest absolute Gasteiger partial charge is 0.339 e. The number of benzene rings is 1. The Morgan fingerprint density at radius 1 is 1.33 bits per heavy atom. The molecular formula is C11H14O4. The van der Waals surface area contributed by atoms with Crippen LogP contribution in [-0.2, 0) is 6.42 Å². The van der Waals surface area contributed by atoms with Gasteiger partial charge in [-0.15, -0.1) is 0 Å². The van der Waals surface area contributed by atoms with Crippen molar-refractivity contribution < 1.29 is 20.1 Å². The topological polar surface area (TPSA) is 77.8 Å². The summed E-state index contributed by atoms with van der Waals surface area (Å²) in [5.74, 6) is -1.66. The van der Waals surface area contributed by atoms with Crippen molar-refractivity contribution in [2.24, 2.45) is 0 Å². The van der Waals surface area contributed by atoms with Gasteiger partial charge in [-0.1, -0.05) is 13.3 Å². The lowest BCUT2D eigenvalue weighted by molar-refractivity contribution is 0.0692. The van der Waals surface area contributed by atoms with Gasteiger partial charge in [0.2, 0.25) is 0 Å². The average Bonchev–Trinajstić information content (AvgIpc) is 2.12. The Hall–Kier alpha value is -1.71. The first-order valence-corrected chi connectivity index (χ1v) is 4.84. The SMILES string of the molecule is CCCCc1cc(O)cc(O)c1C(=O)O. The summed E-state index contributed by atoms with van der Waals surface area (Å²) < 4.78 is 0. The van der Waals surface area contributed by atoms with Crippen LogP contribution in [0.5, 0.6) is 11.5 Å². The van der Waals surface area contributed by atoms with Crippen molar-refractivity contribution in [1.82, 2.24) is 0 Å². The van der Waals surface area contributed by atoms with Crippen LogP contribution < -0.4 is 0 Å². The molecule has 1 rings (SSSR count). The molecule has 0 aliphatic carbocycles. The standard InChI is InChI=1S/C11H14O4/c1-2-3-4-7-5-8(12)6-9(13)10(7)11(14)15/h5-6,12-13H,2-4H2,1H3,(H,14,15). The van der Waals surface area contributed by atoms with Crippen molar-refractivity contribution in [2.75, 3.05) is 0 Å². The molecule has 0 saturated carbocycles. The maximum Gasteiger partial charge on any atom is 0.339 e. The number of aromatic carboxylic acids is 1. The van der Waals surface area contributed by atoms with E-state index in [-0.39, 0.29) is 17.1 Å². The predicted octanol–water partition coefficient (Wildman–Crippen LogP) is 2.14. The number of phenolic OH excluding ortho intramolecular Hbond substituents is 1. The predicted molar refractivity (Wildman–Crippen MR) is 55.3 cm³/mol. The van der Waals surface area contributed by atoms with Crippen molar-refractivity contribution in [1.29, 1.82) is 0 Å². The number of hydrogen-bond acceptors (Lipinski definition) is 3. The maximum absolute atomic E-state index is 10.9. The van der Waals surface area contributed by atoms with Crippen LogP contribution in [0.1, 0.15) is 35.7 Å². The van der Waals surface area contributed by atoms with E-state index < -0.39 is 5.97 Å². The Labute approximate surface area is 87.8 Å². The van der Waals surface area contributed by atoms with E-state index in [1.54, 1.807) is 0 Å².